The van der Waals surface area contributed by atoms with Crippen molar-refractivity contribution in [2.24, 2.45) is 5.92 Å². The zero-order valence-electron chi connectivity index (χ0n) is 15.3. The number of thiophene rings is 1. The number of nitrogens with zero attached hydrogens (tertiary/aromatic N) is 1. The van der Waals surface area contributed by atoms with Crippen molar-refractivity contribution in [2.75, 3.05) is 25.4 Å². The molecule has 2 heterocycles. The molecule has 1 saturated heterocycles. The summed E-state index contributed by atoms with van der Waals surface area (Å²) in [6, 6.07) is 9.97. The molecule has 1 aromatic heterocycles. The van der Waals surface area contributed by atoms with E-state index in [1.54, 1.807) is 47.5 Å². The van der Waals surface area contributed by atoms with Crippen LogP contribution in [0.25, 0.3) is 0 Å². The summed E-state index contributed by atoms with van der Waals surface area (Å²) in [6.07, 6.45) is 1.36. The van der Waals surface area contributed by atoms with E-state index in [1.165, 1.54) is 21.7 Å². The van der Waals surface area contributed by atoms with Gasteiger partial charge in [-0.1, -0.05) is 24.3 Å². The van der Waals surface area contributed by atoms with Crippen LogP contribution in [0.5, 0.6) is 0 Å². The maximum Gasteiger partial charge on any atom is 0.252 e. The van der Waals surface area contributed by atoms with Crippen LogP contribution in [-0.4, -0.2) is 44.0 Å². The molecule has 0 spiro atoms. The van der Waals surface area contributed by atoms with Crippen LogP contribution >= 0.6 is 23.1 Å². The molecule has 1 atom stereocenters. The Morgan fingerprint density at radius 2 is 2.11 bits per heavy atom. The molecule has 2 aromatic rings. The van der Waals surface area contributed by atoms with E-state index in [1.807, 2.05) is 0 Å². The first kappa shape index (κ1) is 21.3. The molecule has 1 aromatic carbocycles. The SMILES string of the molecule is O=C(NCCSCc1ccccc1F)C1CCCN(S(=O)(=O)c2cccs2)C1. The van der Waals surface area contributed by atoms with Crippen LogP contribution in [0.1, 0.15) is 18.4 Å². The minimum Gasteiger partial charge on any atom is -0.355 e. The number of halogens is 1. The zero-order valence-corrected chi connectivity index (χ0v) is 17.8. The quantitative estimate of drug-likeness (QED) is 0.637. The van der Waals surface area contributed by atoms with Crippen LogP contribution in [0, 0.1) is 11.7 Å². The lowest BCUT2D eigenvalue weighted by Crippen LogP contribution is -2.45. The van der Waals surface area contributed by atoms with E-state index >= 15 is 0 Å². The van der Waals surface area contributed by atoms with E-state index in [0.29, 0.717) is 47.2 Å². The van der Waals surface area contributed by atoms with Gasteiger partial charge in [0.2, 0.25) is 5.91 Å². The summed E-state index contributed by atoms with van der Waals surface area (Å²) in [6.45, 7) is 1.14. The highest BCUT2D eigenvalue weighted by atomic mass is 32.2. The maximum absolute atomic E-state index is 13.6. The smallest absolute Gasteiger partial charge is 0.252 e. The summed E-state index contributed by atoms with van der Waals surface area (Å²) in [5, 5.41) is 4.62. The molecule has 3 rings (SSSR count). The lowest BCUT2D eigenvalue weighted by molar-refractivity contribution is -0.125. The maximum atomic E-state index is 13.6. The van der Waals surface area contributed by atoms with E-state index in [9.17, 15) is 17.6 Å². The lowest BCUT2D eigenvalue weighted by Gasteiger charge is -2.30. The Morgan fingerprint density at radius 1 is 1.29 bits per heavy atom. The Morgan fingerprint density at radius 3 is 2.86 bits per heavy atom. The van der Waals surface area contributed by atoms with Crippen molar-refractivity contribution in [1.29, 1.82) is 0 Å². The number of hydrogen-bond donors (Lipinski definition) is 1. The van der Waals surface area contributed by atoms with Gasteiger partial charge in [-0.25, -0.2) is 12.8 Å². The first-order valence-electron chi connectivity index (χ1n) is 9.11. The minimum atomic E-state index is -3.52. The summed E-state index contributed by atoms with van der Waals surface area (Å²) in [5.41, 5.74) is 0.653. The molecule has 1 N–H and O–H groups in total. The third kappa shape index (κ3) is 5.34. The Kier molecular flexibility index (Phi) is 7.50. The van der Waals surface area contributed by atoms with Crippen molar-refractivity contribution in [3.8, 4) is 0 Å². The highest BCUT2D eigenvalue weighted by molar-refractivity contribution is 7.98. The van der Waals surface area contributed by atoms with Gasteiger partial charge in [0.05, 0.1) is 5.92 Å². The van der Waals surface area contributed by atoms with Gasteiger partial charge in [-0.3, -0.25) is 4.79 Å². The topological polar surface area (TPSA) is 66.5 Å². The number of carbonyl (C=O) groups excluding carboxylic acids is 1. The molecular weight excluding hydrogens is 419 g/mol. The number of carbonyl (C=O) groups is 1. The van der Waals surface area contributed by atoms with Crippen LogP contribution in [0.15, 0.2) is 46.0 Å². The normalized spacial score (nSPS) is 18.1. The van der Waals surface area contributed by atoms with E-state index in [-0.39, 0.29) is 24.2 Å². The Labute approximate surface area is 173 Å². The van der Waals surface area contributed by atoms with Crippen molar-refractivity contribution < 1.29 is 17.6 Å². The number of thioether (sulfide) groups is 1. The van der Waals surface area contributed by atoms with Crippen LogP contribution in [0.3, 0.4) is 0 Å². The first-order valence-corrected chi connectivity index (χ1v) is 12.6. The second kappa shape index (κ2) is 9.87. The molecule has 1 unspecified atom stereocenters. The van der Waals surface area contributed by atoms with E-state index in [0.717, 1.165) is 0 Å². The molecule has 1 aliphatic heterocycles. The molecule has 0 bridgehead atoms. The van der Waals surface area contributed by atoms with Gasteiger partial charge in [0.1, 0.15) is 10.0 Å². The second-order valence-electron chi connectivity index (χ2n) is 6.57. The number of hydrogen-bond acceptors (Lipinski definition) is 5. The summed E-state index contributed by atoms with van der Waals surface area (Å²) >= 11 is 2.74. The number of nitrogens with one attached hydrogen (secondary N) is 1. The van der Waals surface area contributed by atoms with E-state index in [4.69, 9.17) is 0 Å². The Balaban J connectivity index is 1.44. The monoisotopic (exact) mass is 442 g/mol. The average molecular weight is 443 g/mol. The molecule has 0 aliphatic carbocycles. The molecule has 0 radical (unpaired) electrons. The molecule has 1 aliphatic rings. The van der Waals surface area contributed by atoms with Crippen LogP contribution in [0.2, 0.25) is 0 Å². The highest BCUT2D eigenvalue weighted by Gasteiger charge is 2.33. The molecule has 0 saturated carbocycles. The molecule has 152 valence electrons. The molecular formula is C19H23FN2O3S3. The zero-order chi connectivity index (χ0) is 20.0. The van der Waals surface area contributed by atoms with Crippen molar-refractivity contribution in [2.45, 2.75) is 22.8 Å². The fourth-order valence-corrected chi connectivity index (χ4v) is 6.61. The number of rotatable bonds is 8. The predicted molar refractivity (Wildman–Crippen MR) is 111 cm³/mol. The summed E-state index contributed by atoms with van der Waals surface area (Å²) in [4.78, 5) is 12.4. The lowest BCUT2D eigenvalue weighted by atomic mass is 9.99. The summed E-state index contributed by atoms with van der Waals surface area (Å²) < 4.78 is 40.6. The highest BCUT2D eigenvalue weighted by Crippen LogP contribution is 2.26. The summed E-state index contributed by atoms with van der Waals surface area (Å²) in [5.74, 6) is 0.564. The van der Waals surface area contributed by atoms with Crippen LogP contribution in [0.4, 0.5) is 4.39 Å². The van der Waals surface area contributed by atoms with Gasteiger partial charge >= 0.3 is 0 Å². The van der Waals surface area contributed by atoms with Gasteiger partial charge in [-0.2, -0.15) is 16.1 Å². The van der Waals surface area contributed by atoms with Crippen molar-refractivity contribution in [3.63, 3.8) is 0 Å². The van der Waals surface area contributed by atoms with Crippen molar-refractivity contribution in [1.82, 2.24) is 9.62 Å². The summed E-state index contributed by atoms with van der Waals surface area (Å²) in [7, 11) is -3.52. The predicted octanol–water partition coefficient (Wildman–Crippen LogP) is 3.34. The van der Waals surface area contributed by atoms with Gasteiger partial charge in [0, 0.05) is 31.1 Å². The van der Waals surface area contributed by atoms with Crippen molar-refractivity contribution in [3.05, 3.63) is 53.2 Å². The third-order valence-electron chi connectivity index (χ3n) is 4.61. The fraction of sp³-hybridized carbons (Fsp3) is 0.421. The number of sulfonamides is 1. The van der Waals surface area contributed by atoms with Gasteiger partial charge in [0.15, 0.2) is 0 Å². The molecule has 1 amide bonds. The number of amides is 1. The molecule has 28 heavy (non-hydrogen) atoms. The van der Waals surface area contributed by atoms with E-state index < -0.39 is 10.0 Å². The van der Waals surface area contributed by atoms with Gasteiger partial charge in [-0.15, -0.1) is 11.3 Å². The van der Waals surface area contributed by atoms with Crippen LogP contribution in [-0.2, 0) is 20.6 Å². The molecule has 5 nitrogen and oxygen atoms in total. The van der Waals surface area contributed by atoms with Gasteiger partial charge in [0.25, 0.3) is 10.0 Å². The molecule has 9 heteroatoms. The third-order valence-corrected chi connectivity index (χ3v) is 8.85. The van der Waals surface area contributed by atoms with E-state index in [2.05, 4.69) is 5.32 Å². The Hall–Kier alpha value is -1.42. The second-order valence-corrected chi connectivity index (χ2v) is 10.8. The first-order chi connectivity index (χ1) is 13.5. The average Bonchev–Trinajstić information content (AvgIpc) is 3.25. The van der Waals surface area contributed by atoms with Gasteiger partial charge < -0.3 is 5.32 Å². The fourth-order valence-electron chi connectivity index (χ4n) is 3.10. The largest absolute Gasteiger partial charge is 0.355 e. The van der Waals surface area contributed by atoms with Gasteiger partial charge in [-0.05, 0) is 35.9 Å². The number of benzene rings is 1. The minimum absolute atomic E-state index is 0.113. The standard InChI is InChI=1S/C19H23FN2O3S3/c20-17-7-2-1-5-16(17)14-26-12-9-21-19(23)15-6-3-10-22(13-15)28(24,25)18-8-4-11-27-18/h1-2,4-5,7-8,11,15H,3,6,9-10,12-14H2,(H,21,23). The molecule has 1 fully saturated rings. The Bertz CT molecular complexity index is 888. The van der Waals surface area contributed by atoms with Crippen molar-refractivity contribution >= 4 is 39.0 Å². The number of piperidine rings is 1. The van der Waals surface area contributed by atoms with Crippen LogP contribution < -0.4 is 5.32 Å².